The molecular weight excluding hydrogens is 254 g/mol. The third-order valence-corrected chi connectivity index (χ3v) is 2.95. The highest BCUT2D eigenvalue weighted by Crippen LogP contribution is 2.34. The summed E-state index contributed by atoms with van der Waals surface area (Å²) in [5, 5.41) is 18.9. The molecule has 0 aliphatic carbocycles. The number of aromatic nitrogens is 2. The zero-order chi connectivity index (χ0) is 13.3. The van der Waals surface area contributed by atoms with E-state index in [1.807, 2.05) is 0 Å². The summed E-state index contributed by atoms with van der Waals surface area (Å²) in [5.41, 5.74) is 7.55. The van der Waals surface area contributed by atoms with Crippen molar-refractivity contribution >= 4 is 17.4 Å². The lowest BCUT2D eigenvalue weighted by Gasteiger charge is -2.10. The molecule has 0 atom stereocenters. The molecular formula is C12H12ClN3O2. The van der Waals surface area contributed by atoms with Gasteiger partial charge in [0.2, 0.25) is 0 Å². The molecule has 0 saturated carbocycles. The smallest absolute Gasteiger partial charge is 0.147 e. The van der Waals surface area contributed by atoms with Crippen molar-refractivity contribution in [3.05, 3.63) is 34.6 Å². The summed E-state index contributed by atoms with van der Waals surface area (Å²) in [6.45, 7) is 1.43. The lowest BCUT2D eigenvalue weighted by molar-refractivity contribution is 0.277. The van der Waals surface area contributed by atoms with Gasteiger partial charge in [-0.05, 0) is 13.0 Å². The van der Waals surface area contributed by atoms with Gasteiger partial charge in [0.1, 0.15) is 17.3 Å². The van der Waals surface area contributed by atoms with E-state index in [1.165, 1.54) is 6.07 Å². The van der Waals surface area contributed by atoms with Gasteiger partial charge in [-0.15, -0.1) is 0 Å². The molecule has 0 aliphatic heterocycles. The summed E-state index contributed by atoms with van der Waals surface area (Å²) < 4.78 is 0. The van der Waals surface area contributed by atoms with Gasteiger partial charge in [-0.1, -0.05) is 23.7 Å². The average molecular weight is 266 g/mol. The van der Waals surface area contributed by atoms with E-state index in [0.29, 0.717) is 17.0 Å². The molecule has 2 rings (SSSR count). The fraction of sp³-hybridized carbons (Fsp3) is 0.167. The number of aliphatic hydroxyl groups is 1. The molecule has 18 heavy (non-hydrogen) atoms. The van der Waals surface area contributed by atoms with Gasteiger partial charge in [0.25, 0.3) is 0 Å². The Kier molecular flexibility index (Phi) is 3.36. The average Bonchev–Trinajstić information content (AvgIpc) is 2.34. The van der Waals surface area contributed by atoms with Gasteiger partial charge in [-0.3, -0.25) is 0 Å². The summed E-state index contributed by atoms with van der Waals surface area (Å²) in [7, 11) is 0. The van der Waals surface area contributed by atoms with Gasteiger partial charge in [-0.2, -0.15) is 0 Å². The lowest BCUT2D eigenvalue weighted by Crippen LogP contribution is -2.05. The third kappa shape index (κ3) is 2.10. The number of benzene rings is 1. The number of rotatable bonds is 2. The van der Waals surface area contributed by atoms with E-state index in [1.54, 1.807) is 19.1 Å². The number of halogens is 1. The summed E-state index contributed by atoms with van der Waals surface area (Å²) >= 11 is 6.02. The van der Waals surface area contributed by atoms with Crippen LogP contribution in [0.1, 0.15) is 11.4 Å². The lowest BCUT2D eigenvalue weighted by atomic mass is 10.1. The summed E-state index contributed by atoms with van der Waals surface area (Å²) in [5.74, 6) is 0.160. The van der Waals surface area contributed by atoms with Crippen molar-refractivity contribution in [1.82, 2.24) is 9.97 Å². The number of anilines is 1. The Morgan fingerprint density at radius 2 is 2.06 bits per heavy atom. The number of nitrogen functional groups attached to an aromatic ring is 1. The molecule has 1 aromatic heterocycles. The fourth-order valence-electron chi connectivity index (χ4n) is 1.65. The van der Waals surface area contributed by atoms with Crippen LogP contribution >= 0.6 is 11.6 Å². The van der Waals surface area contributed by atoms with Crippen molar-refractivity contribution in [2.45, 2.75) is 13.5 Å². The first-order valence-electron chi connectivity index (χ1n) is 5.26. The Morgan fingerprint density at radius 1 is 1.33 bits per heavy atom. The molecule has 1 heterocycles. The van der Waals surface area contributed by atoms with Crippen molar-refractivity contribution in [1.29, 1.82) is 0 Å². The second kappa shape index (κ2) is 4.80. The molecule has 1 aromatic carbocycles. The molecule has 0 aliphatic rings. The van der Waals surface area contributed by atoms with Crippen LogP contribution in [0.15, 0.2) is 18.2 Å². The second-order valence-corrected chi connectivity index (χ2v) is 4.16. The number of aryl methyl sites for hydroxylation is 1. The van der Waals surface area contributed by atoms with Crippen LogP contribution in [0.3, 0.4) is 0 Å². The Balaban J connectivity index is 2.67. The number of hydrogen-bond donors (Lipinski definition) is 3. The molecule has 0 amide bonds. The van der Waals surface area contributed by atoms with Crippen LogP contribution < -0.4 is 5.73 Å². The normalized spacial score (nSPS) is 10.6. The molecule has 0 radical (unpaired) electrons. The monoisotopic (exact) mass is 265 g/mol. The molecule has 2 aromatic rings. The Morgan fingerprint density at radius 3 is 2.72 bits per heavy atom. The minimum atomic E-state index is -0.303. The quantitative estimate of drug-likeness (QED) is 0.771. The number of hydrogen-bond acceptors (Lipinski definition) is 5. The molecule has 0 saturated heterocycles. The van der Waals surface area contributed by atoms with Crippen LogP contribution in [0.5, 0.6) is 5.75 Å². The molecule has 4 N–H and O–H groups in total. The van der Waals surface area contributed by atoms with Crippen LogP contribution in [0.2, 0.25) is 5.02 Å². The van der Waals surface area contributed by atoms with E-state index in [-0.39, 0.29) is 28.9 Å². The molecule has 6 heteroatoms. The van der Waals surface area contributed by atoms with Crippen molar-refractivity contribution in [3.63, 3.8) is 0 Å². The van der Waals surface area contributed by atoms with E-state index >= 15 is 0 Å². The van der Waals surface area contributed by atoms with Crippen molar-refractivity contribution in [3.8, 4) is 17.0 Å². The van der Waals surface area contributed by atoms with Crippen LogP contribution in [-0.2, 0) is 6.61 Å². The minimum Gasteiger partial charge on any atom is -0.506 e. The van der Waals surface area contributed by atoms with E-state index in [9.17, 15) is 5.11 Å². The molecule has 0 bridgehead atoms. The number of phenols is 1. The van der Waals surface area contributed by atoms with Gasteiger partial charge in [-0.25, -0.2) is 9.97 Å². The van der Waals surface area contributed by atoms with Gasteiger partial charge >= 0.3 is 0 Å². The van der Waals surface area contributed by atoms with E-state index in [2.05, 4.69) is 9.97 Å². The van der Waals surface area contributed by atoms with Gasteiger partial charge < -0.3 is 15.9 Å². The molecule has 94 valence electrons. The van der Waals surface area contributed by atoms with Crippen molar-refractivity contribution < 1.29 is 10.2 Å². The number of nitrogens with zero attached hydrogens (tertiary/aromatic N) is 2. The minimum absolute atomic E-state index is 0.0299. The van der Waals surface area contributed by atoms with Gasteiger partial charge in [0, 0.05) is 5.56 Å². The highest BCUT2D eigenvalue weighted by Gasteiger charge is 2.14. The fourth-order valence-corrected chi connectivity index (χ4v) is 1.86. The van der Waals surface area contributed by atoms with Crippen molar-refractivity contribution in [2.24, 2.45) is 0 Å². The van der Waals surface area contributed by atoms with Crippen LogP contribution in [0.25, 0.3) is 11.3 Å². The van der Waals surface area contributed by atoms with Crippen LogP contribution in [0.4, 0.5) is 5.82 Å². The first-order chi connectivity index (χ1) is 8.54. The second-order valence-electron chi connectivity index (χ2n) is 3.79. The summed E-state index contributed by atoms with van der Waals surface area (Å²) in [4.78, 5) is 8.34. The predicted octanol–water partition coefficient (Wildman–Crippen LogP) is 1.89. The maximum Gasteiger partial charge on any atom is 0.147 e. The molecule has 5 nitrogen and oxygen atoms in total. The first-order valence-corrected chi connectivity index (χ1v) is 5.64. The SMILES string of the molecule is Cc1nc(N)c(CO)nc1-c1cccc(O)c1Cl. The molecule has 0 fully saturated rings. The Labute approximate surface area is 109 Å². The predicted molar refractivity (Wildman–Crippen MR) is 69.2 cm³/mol. The van der Waals surface area contributed by atoms with Crippen LogP contribution in [-0.4, -0.2) is 20.2 Å². The van der Waals surface area contributed by atoms with Gasteiger partial charge in [0.05, 0.1) is 23.0 Å². The van der Waals surface area contributed by atoms with E-state index in [0.717, 1.165) is 0 Å². The maximum atomic E-state index is 9.58. The standard InChI is InChI=1S/C12H12ClN3O2/c1-6-11(16-8(5-17)12(14)15-6)7-3-2-4-9(18)10(7)13/h2-4,17-18H,5H2,1H3,(H2,14,15). The maximum absolute atomic E-state index is 9.58. The van der Waals surface area contributed by atoms with E-state index in [4.69, 9.17) is 22.4 Å². The highest BCUT2D eigenvalue weighted by atomic mass is 35.5. The Bertz CT molecular complexity index is 602. The summed E-state index contributed by atoms with van der Waals surface area (Å²) in [6.07, 6.45) is 0. The largest absolute Gasteiger partial charge is 0.506 e. The molecule has 0 unspecified atom stereocenters. The molecule has 0 spiro atoms. The topological polar surface area (TPSA) is 92.3 Å². The number of aliphatic hydroxyl groups excluding tert-OH is 1. The zero-order valence-electron chi connectivity index (χ0n) is 9.68. The summed E-state index contributed by atoms with van der Waals surface area (Å²) in [6, 6.07) is 4.86. The number of nitrogens with two attached hydrogens (primary N) is 1. The number of phenolic OH excluding ortho intramolecular Hbond substituents is 1. The Hall–Kier alpha value is -1.85. The van der Waals surface area contributed by atoms with Crippen LogP contribution in [0, 0.1) is 6.92 Å². The zero-order valence-corrected chi connectivity index (χ0v) is 10.4. The van der Waals surface area contributed by atoms with Crippen molar-refractivity contribution in [2.75, 3.05) is 5.73 Å². The highest BCUT2D eigenvalue weighted by molar-refractivity contribution is 6.34. The van der Waals surface area contributed by atoms with Gasteiger partial charge in [0.15, 0.2) is 0 Å². The number of aromatic hydroxyl groups is 1. The first kappa shape index (κ1) is 12.6. The van der Waals surface area contributed by atoms with E-state index < -0.39 is 0 Å². The third-order valence-electron chi connectivity index (χ3n) is 2.56.